The maximum absolute atomic E-state index is 11.4. The summed E-state index contributed by atoms with van der Waals surface area (Å²) in [5, 5.41) is 8.50. The summed E-state index contributed by atoms with van der Waals surface area (Å²) < 4.78 is 9.69. The fraction of sp³-hybridized carbons (Fsp3) is 0.533. The number of carbonyl (C=O) groups is 2. The van der Waals surface area contributed by atoms with E-state index in [1.54, 1.807) is 6.07 Å². The van der Waals surface area contributed by atoms with Crippen LogP contribution >= 0.6 is 0 Å². The number of carboxylic acids is 1. The van der Waals surface area contributed by atoms with Gasteiger partial charge in [-0.2, -0.15) is 0 Å². The van der Waals surface area contributed by atoms with Gasteiger partial charge in [0.15, 0.2) is 0 Å². The van der Waals surface area contributed by atoms with Crippen molar-refractivity contribution in [1.29, 1.82) is 0 Å². The fourth-order valence-electron chi connectivity index (χ4n) is 2.37. The Labute approximate surface area is 134 Å². The van der Waals surface area contributed by atoms with Gasteiger partial charge >= 0.3 is 11.9 Å². The summed E-state index contributed by atoms with van der Waals surface area (Å²) in [7, 11) is 1.34. The van der Waals surface area contributed by atoms with Crippen molar-refractivity contribution in [1.82, 2.24) is 9.88 Å². The molecule has 0 bridgehead atoms. The highest BCUT2D eigenvalue weighted by molar-refractivity contribution is 5.89. The van der Waals surface area contributed by atoms with Crippen LogP contribution in [0.3, 0.4) is 0 Å². The number of aromatic nitrogens is 1. The zero-order valence-electron chi connectivity index (χ0n) is 13.1. The number of aliphatic carboxylic acids is 1. The highest BCUT2D eigenvalue weighted by Crippen LogP contribution is 2.14. The standard InChI is InChI=1S/C15H21N3O5/c1-22-15(21)12-2-3-13(16-10-12)18-6-4-17(5-7-18)8-9-23-11-14(19)20/h2-3,10H,4-9,11H2,1H3,(H,19,20). The van der Waals surface area contributed by atoms with Gasteiger partial charge in [-0.3, -0.25) is 4.90 Å². The van der Waals surface area contributed by atoms with Gasteiger partial charge in [-0.25, -0.2) is 14.6 Å². The molecule has 0 saturated carbocycles. The van der Waals surface area contributed by atoms with E-state index in [-0.39, 0.29) is 6.61 Å². The van der Waals surface area contributed by atoms with E-state index in [9.17, 15) is 9.59 Å². The second kappa shape index (κ2) is 8.44. The molecule has 126 valence electrons. The number of esters is 1. The van der Waals surface area contributed by atoms with Gasteiger partial charge in [-0.05, 0) is 12.1 Å². The number of carbonyl (C=O) groups excluding carboxylic acids is 1. The summed E-state index contributed by atoms with van der Waals surface area (Å²) in [6, 6.07) is 3.53. The van der Waals surface area contributed by atoms with Crippen LogP contribution in [0.5, 0.6) is 0 Å². The fourth-order valence-corrected chi connectivity index (χ4v) is 2.37. The lowest BCUT2D eigenvalue weighted by Gasteiger charge is -2.35. The van der Waals surface area contributed by atoms with Gasteiger partial charge in [-0.1, -0.05) is 0 Å². The predicted molar refractivity (Wildman–Crippen MR) is 82.7 cm³/mol. The maximum atomic E-state index is 11.4. The summed E-state index contributed by atoms with van der Waals surface area (Å²) in [5.41, 5.74) is 0.436. The van der Waals surface area contributed by atoms with E-state index in [2.05, 4.69) is 19.5 Å². The van der Waals surface area contributed by atoms with Crippen LogP contribution in [0.15, 0.2) is 18.3 Å². The Morgan fingerprint density at radius 1 is 1.26 bits per heavy atom. The van der Waals surface area contributed by atoms with Crippen molar-refractivity contribution in [2.45, 2.75) is 0 Å². The third-order valence-corrected chi connectivity index (χ3v) is 3.64. The van der Waals surface area contributed by atoms with Crippen molar-refractivity contribution in [3.63, 3.8) is 0 Å². The lowest BCUT2D eigenvalue weighted by Crippen LogP contribution is -2.47. The number of carboxylic acid groups (broad SMARTS) is 1. The normalized spacial score (nSPS) is 15.4. The van der Waals surface area contributed by atoms with Crippen LogP contribution in [0.25, 0.3) is 0 Å². The number of methoxy groups -OCH3 is 1. The third-order valence-electron chi connectivity index (χ3n) is 3.64. The van der Waals surface area contributed by atoms with Crippen molar-refractivity contribution < 1.29 is 24.2 Å². The first-order valence-corrected chi connectivity index (χ1v) is 7.41. The molecule has 2 rings (SSSR count). The molecule has 8 heteroatoms. The van der Waals surface area contributed by atoms with Gasteiger partial charge in [-0.15, -0.1) is 0 Å². The molecule has 0 amide bonds. The average molecular weight is 323 g/mol. The summed E-state index contributed by atoms with van der Waals surface area (Å²) in [5.74, 6) is -0.508. The van der Waals surface area contributed by atoms with Crippen LogP contribution in [-0.4, -0.2) is 80.0 Å². The quantitative estimate of drug-likeness (QED) is 0.557. The molecule has 0 aliphatic carbocycles. The Bertz CT molecular complexity index is 526. The summed E-state index contributed by atoms with van der Waals surface area (Å²) in [6.45, 7) is 4.24. The van der Waals surface area contributed by atoms with Gasteiger partial charge in [0.1, 0.15) is 12.4 Å². The summed E-state index contributed by atoms with van der Waals surface area (Å²) in [4.78, 5) is 30.4. The van der Waals surface area contributed by atoms with Gasteiger partial charge < -0.3 is 19.5 Å². The van der Waals surface area contributed by atoms with E-state index in [0.717, 1.165) is 38.5 Å². The number of hydrogen-bond acceptors (Lipinski definition) is 7. The van der Waals surface area contributed by atoms with E-state index in [1.807, 2.05) is 6.07 Å². The van der Waals surface area contributed by atoms with Gasteiger partial charge in [0.2, 0.25) is 0 Å². The first-order valence-electron chi connectivity index (χ1n) is 7.41. The Hall–Kier alpha value is -2.19. The van der Waals surface area contributed by atoms with Gasteiger partial charge in [0, 0.05) is 38.9 Å². The Kier molecular flexibility index (Phi) is 6.30. The molecule has 23 heavy (non-hydrogen) atoms. The molecular weight excluding hydrogens is 302 g/mol. The zero-order valence-corrected chi connectivity index (χ0v) is 13.1. The second-order valence-corrected chi connectivity index (χ2v) is 5.17. The molecule has 1 aromatic heterocycles. The van der Waals surface area contributed by atoms with Crippen molar-refractivity contribution in [3.05, 3.63) is 23.9 Å². The summed E-state index contributed by atoms with van der Waals surface area (Å²) in [6.07, 6.45) is 1.52. The topological polar surface area (TPSA) is 92.2 Å². The summed E-state index contributed by atoms with van der Waals surface area (Å²) >= 11 is 0. The molecule has 0 spiro atoms. The second-order valence-electron chi connectivity index (χ2n) is 5.17. The van der Waals surface area contributed by atoms with E-state index >= 15 is 0 Å². The molecule has 1 aromatic rings. The van der Waals surface area contributed by atoms with E-state index in [1.165, 1.54) is 13.3 Å². The van der Waals surface area contributed by atoms with E-state index < -0.39 is 11.9 Å². The molecule has 2 heterocycles. The smallest absolute Gasteiger partial charge is 0.339 e. The molecule has 1 saturated heterocycles. The van der Waals surface area contributed by atoms with Crippen molar-refractivity contribution >= 4 is 17.8 Å². The van der Waals surface area contributed by atoms with Crippen LogP contribution in [0, 0.1) is 0 Å². The largest absolute Gasteiger partial charge is 0.480 e. The minimum Gasteiger partial charge on any atom is -0.480 e. The minimum atomic E-state index is -0.948. The van der Waals surface area contributed by atoms with Gasteiger partial charge in [0.05, 0.1) is 19.3 Å². The van der Waals surface area contributed by atoms with Crippen LogP contribution in [0.4, 0.5) is 5.82 Å². The maximum Gasteiger partial charge on any atom is 0.339 e. The molecule has 1 N–H and O–H groups in total. The molecule has 1 aliphatic heterocycles. The number of ether oxygens (including phenoxy) is 2. The molecule has 8 nitrogen and oxygen atoms in total. The number of anilines is 1. The number of pyridine rings is 1. The Balaban J connectivity index is 1.75. The predicted octanol–water partition coefficient (Wildman–Crippen LogP) is 0.0914. The SMILES string of the molecule is COC(=O)c1ccc(N2CCN(CCOCC(=O)O)CC2)nc1. The lowest BCUT2D eigenvalue weighted by molar-refractivity contribution is -0.142. The first-order chi connectivity index (χ1) is 11.1. The van der Waals surface area contributed by atoms with E-state index in [4.69, 9.17) is 9.84 Å². The van der Waals surface area contributed by atoms with Crippen molar-refractivity contribution in [3.8, 4) is 0 Å². The van der Waals surface area contributed by atoms with Crippen LogP contribution in [0.1, 0.15) is 10.4 Å². The van der Waals surface area contributed by atoms with Crippen LogP contribution in [-0.2, 0) is 14.3 Å². The molecule has 0 aromatic carbocycles. The number of piperazine rings is 1. The Morgan fingerprint density at radius 2 is 2.00 bits per heavy atom. The molecular formula is C15H21N3O5. The van der Waals surface area contributed by atoms with Gasteiger partial charge in [0.25, 0.3) is 0 Å². The number of rotatable bonds is 7. The average Bonchev–Trinajstić information content (AvgIpc) is 2.58. The molecule has 1 aliphatic rings. The van der Waals surface area contributed by atoms with Crippen LogP contribution in [0.2, 0.25) is 0 Å². The highest BCUT2D eigenvalue weighted by atomic mass is 16.5. The van der Waals surface area contributed by atoms with Crippen molar-refractivity contribution in [2.24, 2.45) is 0 Å². The molecule has 0 unspecified atom stereocenters. The minimum absolute atomic E-state index is 0.254. The molecule has 0 atom stereocenters. The lowest BCUT2D eigenvalue weighted by atomic mass is 10.2. The number of hydrogen-bond donors (Lipinski definition) is 1. The number of nitrogens with zero attached hydrogens (tertiary/aromatic N) is 3. The Morgan fingerprint density at radius 3 is 2.57 bits per heavy atom. The first kappa shape index (κ1) is 17.2. The van der Waals surface area contributed by atoms with E-state index in [0.29, 0.717) is 12.2 Å². The third kappa shape index (κ3) is 5.19. The molecule has 0 radical (unpaired) electrons. The van der Waals surface area contributed by atoms with Crippen LogP contribution < -0.4 is 4.90 Å². The highest BCUT2D eigenvalue weighted by Gasteiger charge is 2.18. The molecule has 1 fully saturated rings. The zero-order chi connectivity index (χ0) is 16.7. The van der Waals surface area contributed by atoms with Crippen molar-refractivity contribution in [2.75, 3.05) is 57.9 Å². The monoisotopic (exact) mass is 323 g/mol.